The highest BCUT2D eigenvalue weighted by molar-refractivity contribution is 5.08. The van der Waals surface area contributed by atoms with E-state index in [2.05, 4.69) is 10.3 Å². The normalized spacial score (nSPS) is 24.5. The van der Waals surface area contributed by atoms with Crippen LogP contribution in [-0.2, 0) is 0 Å². The first-order chi connectivity index (χ1) is 6.88. The van der Waals surface area contributed by atoms with Crippen molar-refractivity contribution in [2.24, 2.45) is 5.92 Å². The molecular formula is C11H16N2O. The predicted molar refractivity (Wildman–Crippen MR) is 54.8 cm³/mol. The minimum atomic E-state index is -0.413. The standard InChI is InChI=1S/C11H16N2O/c14-11(9-4-3-6-12-8-9)10-5-1-2-7-13-10/h1-2,5,7,9,11-12,14H,3-4,6,8H2/t9-,11-/m0/s1. The van der Waals surface area contributed by atoms with E-state index < -0.39 is 6.10 Å². The summed E-state index contributed by atoms with van der Waals surface area (Å²) in [4.78, 5) is 4.18. The SMILES string of the molecule is O[C@H](c1ccccn1)[C@H]1CCCNC1. The topological polar surface area (TPSA) is 45.2 Å². The lowest BCUT2D eigenvalue weighted by atomic mass is 9.92. The number of piperidine rings is 1. The summed E-state index contributed by atoms with van der Waals surface area (Å²) in [5, 5.41) is 13.3. The molecule has 2 atom stereocenters. The van der Waals surface area contributed by atoms with Crippen LogP contribution in [0.15, 0.2) is 24.4 Å². The Morgan fingerprint density at radius 1 is 1.50 bits per heavy atom. The third-order valence-electron chi connectivity index (χ3n) is 2.77. The van der Waals surface area contributed by atoms with Crippen LogP contribution in [0.1, 0.15) is 24.6 Å². The molecule has 1 saturated heterocycles. The lowest BCUT2D eigenvalue weighted by molar-refractivity contribution is 0.0884. The van der Waals surface area contributed by atoms with Crippen molar-refractivity contribution in [2.75, 3.05) is 13.1 Å². The lowest BCUT2D eigenvalue weighted by Gasteiger charge is -2.26. The third-order valence-corrected chi connectivity index (χ3v) is 2.77. The van der Waals surface area contributed by atoms with Gasteiger partial charge in [0.2, 0.25) is 0 Å². The van der Waals surface area contributed by atoms with E-state index in [1.54, 1.807) is 6.20 Å². The number of nitrogens with one attached hydrogen (secondary N) is 1. The molecule has 0 aliphatic carbocycles. The van der Waals surface area contributed by atoms with Gasteiger partial charge < -0.3 is 10.4 Å². The highest BCUT2D eigenvalue weighted by atomic mass is 16.3. The van der Waals surface area contributed by atoms with E-state index in [0.717, 1.165) is 31.6 Å². The summed E-state index contributed by atoms with van der Waals surface area (Å²) in [5.74, 6) is 0.318. The Morgan fingerprint density at radius 3 is 3.07 bits per heavy atom. The highest BCUT2D eigenvalue weighted by Gasteiger charge is 2.23. The van der Waals surface area contributed by atoms with E-state index in [1.165, 1.54) is 0 Å². The van der Waals surface area contributed by atoms with Crippen molar-refractivity contribution in [1.82, 2.24) is 10.3 Å². The van der Waals surface area contributed by atoms with E-state index in [-0.39, 0.29) is 0 Å². The molecule has 0 bridgehead atoms. The van der Waals surface area contributed by atoms with E-state index in [0.29, 0.717) is 5.92 Å². The molecule has 3 nitrogen and oxygen atoms in total. The van der Waals surface area contributed by atoms with Crippen LogP contribution >= 0.6 is 0 Å². The molecule has 0 amide bonds. The van der Waals surface area contributed by atoms with Gasteiger partial charge >= 0.3 is 0 Å². The van der Waals surface area contributed by atoms with Crippen molar-refractivity contribution in [2.45, 2.75) is 18.9 Å². The van der Waals surface area contributed by atoms with Crippen molar-refractivity contribution in [3.8, 4) is 0 Å². The molecule has 2 heterocycles. The van der Waals surface area contributed by atoms with Gasteiger partial charge in [-0.2, -0.15) is 0 Å². The molecule has 0 aromatic carbocycles. The molecule has 1 aliphatic heterocycles. The summed E-state index contributed by atoms with van der Waals surface area (Å²) in [5.41, 5.74) is 0.793. The smallest absolute Gasteiger partial charge is 0.0999 e. The molecule has 0 saturated carbocycles. The maximum atomic E-state index is 10.0. The number of nitrogens with zero attached hydrogens (tertiary/aromatic N) is 1. The lowest BCUT2D eigenvalue weighted by Crippen LogP contribution is -2.33. The quantitative estimate of drug-likeness (QED) is 0.738. The summed E-state index contributed by atoms with van der Waals surface area (Å²) in [7, 11) is 0. The molecule has 14 heavy (non-hydrogen) atoms. The minimum Gasteiger partial charge on any atom is -0.386 e. The average molecular weight is 192 g/mol. The fourth-order valence-electron chi connectivity index (χ4n) is 1.94. The van der Waals surface area contributed by atoms with Gasteiger partial charge in [-0.05, 0) is 31.5 Å². The van der Waals surface area contributed by atoms with E-state index in [1.807, 2.05) is 18.2 Å². The largest absolute Gasteiger partial charge is 0.386 e. The van der Waals surface area contributed by atoms with Gasteiger partial charge in [0.05, 0.1) is 11.8 Å². The van der Waals surface area contributed by atoms with E-state index >= 15 is 0 Å². The summed E-state index contributed by atoms with van der Waals surface area (Å²) in [6.45, 7) is 1.98. The Kier molecular flexibility index (Phi) is 3.11. The molecule has 1 aliphatic rings. The number of hydrogen-bond donors (Lipinski definition) is 2. The minimum absolute atomic E-state index is 0.318. The molecule has 0 radical (unpaired) electrons. The van der Waals surface area contributed by atoms with Crippen LogP contribution in [0.25, 0.3) is 0 Å². The van der Waals surface area contributed by atoms with Crippen molar-refractivity contribution in [1.29, 1.82) is 0 Å². The molecule has 1 aromatic rings. The maximum Gasteiger partial charge on any atom is 0.0999 e. The van der Waals surface area contributed by atoms with Crippen LogP contribution in [0.5, 0.6) is 0 Å². The van der Waals surface area contributed by atoms with Gasteiger partial charge in [-0.3, -0.25) is 4.98 Å². The van der Waals surface area contributed by atoms with Crippen LogP contribution in [0.3, 0.4) is 0 Å². The van der Waals surface area contributed by atoms with Gasteiger partial charge in [-0.1, -0.05) is 6.07 Å². The van der Waals surface area contributed by atoms with E-state index in [9.17, 15) is 5.11 Å². The number of aliphatic hydroxyl groups excluding tert-OH is 1. The van der Waals surface area contributed by atoms with Crippen molar-refractivity contribution < 1.29 is 5.11 Å². The highest BCUT2D eigenvalue weighted by Crippen LogP contribution is 2.25. The summed E-state index contributed by atoms with van der Waals surface area (Å²) >= 11 is 0. The summed E-state index contributed by atoms with van der Waals surface area (Å²) < 4.78 is 0. The number of rotatable bonds is 2. The Bertz CT molecular complexity index is 270. The van der Waals surface area contributed by atoms with Crippen LogP contribution in [-0.4, -0.2) is 23.2 Å². The number of aromatic nitrogens is 1. The van der Waals surface area contributed by atoms with Gasteiger partial charge in [-0.25, -0.2) is 0 Å². The van der Waals surface area contributed by atoms with Crippen molar-refractivity contribution in [3.05, 3.63) is 30.1 Å². The number of aliphatic hydroxyl groups is 1. The molecule has 1 aromatic heterocycles. The fraction of sp³-hybridized carbons (Fsp3) is 0.545. The number of pyridine rings is 1. The third kappa shape index (κ3) is 2.11. The van der Waals surface area contributed by atoms with Gasteiger partial charge in [0.1, 0.15) is 0 Å². The van der Waals surface area contributed by atoms with Gasteiger partial charge in [0.15, 0.2) is 0 Å². The molecule has 0 unspecified atom stereocenters. The van der Waals surface area contributed by atoms with E-state index in [4.69, 9.17) is 0 Å². The summed E-state index contributed by atoms with van der Waals surface area (Å²) in [6, 6.07) is 5.68. The molecule has 76 valence electrons. The molecule has 3 heteroatoms. The zero-order valence-electron chi connectivity index (χ0n) is 8.19. The Hall–Kier alpha value is -0.930. The zero-order chi connectivity index (χ0) is 9.80. The molecule has 2 N–H and O–H groups in total. The van der Waals surface area contributed by atoms with Crippen LogP contribution < -0.4 is 5.32 Å². The Morgan fingerprint density at radius 2 is 2.43 bits per heavy atom. The molecule has 0 spiro atoms. The first-order valence-electron chi connectivity index (χ1n) is 5.17. The van der Waals surface area contributed by atoms with Crippen molar-refractivity contribution in [3.63, 3.8) is 0 Å². The zero-order valence-corrected chi connectivity index (χ0v) is 8.19. The second-order valence-electron chi connectivity index (χ2n) is 3.81. The Labute approximate surface area is 84.2 Å². The monoisotopic (exact) mass is 192 g/mol. The van der Waals surface area contributed by atoms with Crippen LogP contribution in [0.2, 0.25) is 0 Å². The van der Waals surface area contributed by atoms with Gasteiger partial charge in [0.25, 0.3) is 0 Å². The predicted octanol–water partition coefficient (Wildman–Crippen LogP) is 1.11. The second kappa shape index (κ2) is 4.53. The molecule has 1 fully saturated rings. The maximum absolute atomic E-state index is 10.0. The average Bonchev–Trinajstić information content (AvgIpc) is 2.30. The second-order valence-corrected chi connectivity index (χ2v) is 3.81. The van der Waals surface area contributed by atoms with Crippen LogP contribution in [0.4, 0.5) is 0 Å². The van der Waals surface area contributed by atoms with Crippen LogP contribution in [0, 0.1) is 5.92 Å². The van der Waals surface area contributed by atoms with Gasteiger partial charge in [-0.15, -0.1) is 0 Å². The Balaban J connectivity index is 2.03. The summed E-state index contributed by atoms with van der Waals surface area (Å²) in [6.07, 6.45) is 3.55. The first-order valence-corrected chi connectivity index (χ1v) is 5.17. The molecular weight excluding hydrogens is 176 g/mol. The first kappa shape index (κ1) is 9.62. The van der Waals surface area contributed by atoms with Crippen molar-refractivity contribution >= 4 is 0 Å². The number of hydrogen-bond acceptors (Lipinski definition) is 3. The molecule has 2 rings (SSSR count). The fourth-order valence-corrected chi connectivity index (χ4v) is 1.94. The van der Waals surface area contributed by atoms with Gasteiger partial charge in [0, 0.05) is 18.7 Å².